The molecule has 0 atom stereocenters. The first-order valence-electron chi connectivity index (χ1n) is 9.55. The molecule has 0 spiro atoms. The van der Waals surface area contributed by atoms with Gasteiger partial charge in [0.25, 0.3) is 0 Å². The van der Waals surface area contributed by atoms with Crippen LogP contribution in [0, 0.1) is 3.95 Å². The molecule has 8 nitrogen and oxygen atoms in total. The Balaban J connectivity index is 1.46. The smallest absolute Gasteiger partial charge is 0.240 e. The number of aromatic hydroxyl groups is 1. The van der Waals surface area contributed by atoms with E-state index in [0.29, 0.717) is 35.0 Å². The first-order chi connectivity index (χ1) is 14.6. The van der Waals surface area contributed by atoms with Crippen molar-refractivity contribution >= 4 is 47.5 Å². The highest BCUT2D eigenvalue weighted by molar-refractivity contribution is 7.73. The molecule has 1 fully saturated rings. The molecule has 0 bridgehead atoms. The van der Waals surface area contributed by atoms with Crippen LogP contribution in [0.1, 0.15) is 16.9 Å². The molecule has 1 aromatic heterocycles. The van der Waals surface area contributed by atoms with Gasteiger partial charge in [0.2, 0.25) is 11.8 Å². The molecule has 156 valence electrons. The van der Waals surface area contributed by atoms with Crippen molar-refractivity contribution in [1.82, 2.24) is 9.58 Å². The minimum Gasteiger partial charge on any atom is -0.492 e. The Morgan fingerprint density at radius 1 is 1.30 bits per heavy atom. The van der Waals surface area contributed by atoms with Gasteiger partial charge in [0.15, 0.2) is 3.95 Å². The van der Waals surface area contributed by atoms with Gasteiger partial charge < -0.3 is 9.84 Å². The number of nitrogens with one attached hydrogen (secondary N) is 1. The second-order valence-electron chi connectivity index (χ2n) is 6.79. The molecule has 2 N–H and O–H groups in total. The fourth-order valence-corrected chi connectivity index (χ4v) is 4.36. The van der Waals surface area contributed by atoms with Crippen LogP contribution < -0.4 is 5.43 Å². The van der Waals surface area contributed by atoms with Gasteiger partial charge in [-0.1, -0.05) is 41.7 Å². The van der Waals surface area contributed by atoms with Crippen molar-refractivity contribution in [3.8, 4) is 5.88 Å². The van der Waals surface area contributed by atoms with E-state index in [0.717, 1.165) is 29.9 Å². The third-order valence-electron chi connectivity index (χ3n) is 4.77. The zero-order chi connectivity index (χ0) is 20.9. The molecule has 2 aliphatic heterocycles. The van der Waals surface area contributed by atoms with Crippen molar-refractivity contribution in [2.24, 2.45) is 10.2 Å². The number of ether oxygens (including phenoxy) is 1. The molecular formula is C20H21N5O3S2. The van der Waals surface area contributed by atoms with E-state index in [1.54, 1.807) is 12.3 Å². The average Bonchev–Trinajstić information content (AvgIpc) is 3.34. The van der Waals surface area contributed by atoms with E-state index >= 15 is 0 Å². The van der Waals surface area contributed by atoms with Gasteiger partial charge >= 0.3 is 0 Å². The molecule has 2 aromatic rings. The van der Waals surface area contributed by atoms with Crippen molar-refractivity contribution in [1.29, 1.82) is 0 Å². The van der Waals surface area contributed by atoms with Crippen LogP contribution in [0.15, 0.2) is 46.1 Å². The van der Waals surface area contributed by atoms with Gasteiger partial charge in [-0.05, 0) is 18.3 Å². The standard InChI is InChI=1S/C20H21N5O3S2/c26-17(6-7-24-8-10-28-11-9-24)23-25-19(27)16(30-20(25)29)12-15-13-21-22-18(15)14-4-2-1-3-5-14/h1-5,12-13,27H,6-11H2,(H,23,26)/b15-12+. The lowest BCUT2D eigenvalue weighted by atomic mass is 10.0. The summed E-state index contributed by atoms with van der Waals surface area (Å²) in [7, 11) is 0. The summed E-state index contributed by atoms with van der Waals surface area (Å²) in [5.41, 5.74) is 5.10. The highest BCUT2D eigenvalue weighted by Crippen LogP contribution is 2.28. The minimum atomic E-state index is -0.209. The molecule has 0 saturated carbocycles. The number of allylic oxidation sites excluding steroid dienone is 1. The number of rotatable bonds is 6. The third-order valence-corrected chi connectivity index (χ3v) is 6.08. The lowest BCUT2D eigenvalue weighted by Crippen LogP contribution is -2.38. The van der Waals surface area contributed by atoms with Gasteiger partial charge in [0.05, 0.1) is 24.3 Å². The van der Waals surface area contributed by atoms with Crippen LogP contribution in [0.3, 0.4) is 0 Å². The van der Waals surface area contributed by atoms with E-state index in [4.69, 9.17) is 17.0 Å². The van der Waals surface area contributed by atoms with Crippen molar-refractivity contribution < 1.29 is 14.6 Å². The van der Waals surface area contributed by atoms with E-state index in [1.165, 1.54) is 16.0 Å². The molecule has 1 aromatic carbocycles. The summed E-state index contributed by atoms with van der Waals surface area (Å²) in [4.78, 5) is 15.1. The topological polar surface area (TPSA) is 91.5 Å². The SMILES string of the molecule is O=C(CCN1CCOCC1)Nn1c(O)c(/C=C2\C=NN=C2c2ccccc2)sc1=S. The Bertz CT molecular complexity index is 1070. The fourth-order valence-electron chi connectivity index (χ4n) is 3.17. The molecule has 3 heterocycles. The van der Waals surface area contributed by atoms with E-state index < -0.39 is 0 Å². The molecule has 0 radical (unpaired) electrons. The zero-order valence-corrected chi connectivity index (χ0v) is 17.8. The minimum absolute atomic E-state index is 0.107. The Labute approximate surface area is 182 Å². The third kappa shape index (κ3) is 4.73. The summed E-state index contributed by atoms with van der Waals surface area (Å²) >= 11 is 6.54. The molecule has 1 amide bonds. The van der Waals surface area contributed by atoms with E-state index in [2.05, 4.69) is 20.5 Å². The average molecular weight is 444 g/mol. The molecule has 0 aliphatic carbocycles. The molecular weight excluding hydrogens is 422 g/mol. The van der Waals surface area contributed by atoms with Gasteiger partial charge in [-0.15, -0.1) is 5.10 Å². The maximum atomic E-state index is 12.4. The van der Waals surface area contributed by atoms with E-state index in [9.17, 15) is 9.90 Å². The maximum absolute atomic E-state index is 12.4. The monoisotopic (exact) mass is 443 g/mol. The van der Waals surface area contributed by atoms with Crippen molar-refractivity contribution in [2.45, 2.75) is 6.42 Å². The Morgan fingerprint density at radius 3 is 2.83 bits per heavy atom. The van der Waals surface area contributed by atoms with Crippen LogP contribution in [-0.4, -0.2) is 65.4 Å². The number of hydrogen-bond acceptors (Lipinski definition) is 8. The number of amides is 1. The number of carbonyl (C=O) groups is 1. The van der Waals surface area contributed by atoms with Crippen LogP contribution in [0.5, 0.6) is 5.88 Å². The van der Waals surface area contributed by atoms with Crippen molar-refractivity contribution in [3.63, 3.8) is 0 Å². The quantitative estimate of drug-likeness (QED) is 0.670. The van der Waals surface area contributed by atoms with Crippen LogP contribution in [0.2, 0.25) is 0 Å². The summed E-state index contributed by atoms with van der Waals surface area (Å²) in [5, 5.41) is 18.8. The molecule has 1 saturated heterocycles. The van der Waals surface area contributed by atoms with Gasteiger partial charge in [-0.25, -0.2) is 0 Å². The van der Waals surface area contributed by atoms with Crippen molar-refractivity contribution in [2.75, 3.05) is 38.3 Å². The van der Waals surface area contributed by atoms with Crippen LogP contribution in [0.4, 0.5) is 0 Å². The summed E-state index contributed by atoms with van der Waals surface area (Å²) in [6.07, 6.45) is 3.72. The van der Waals surface area contributed by atoms with Crippen molar-refractivity contribution in [3.05, 3.63) is 50.3 Å². The fraction of sp³-hybridized carbons (Fsp3) is 0.300. The van der Waals surface area contributed by atoms with Crippen LogP contribution in [-0.2, 0) is 9.53 Å². The zero-order valence-electron chi connectivity index (χ0n) is 16.2. The van der Waals surface area contributed by atoms with E-state index in [-0.39, 0.29) is 11.8 Å². The molecule has 4 rings (SSSR count). The van der Waals surface area contributed by atoms with Crippen LogP contribution in [0.25, 0.3) is 6.08 Å². The van der Waals surface area contributed by atoms with Gasteiger partial charge in [-0.3, -0.25) is 15.1 Å². The number of carbonyl (C=O) groups excluding carboxylic acids is 1. The van der Waals surface area contributed by atoms with Gasteiger partial charge in [0.1, 0.15) is 5.71 Å². The lowest BCUT2D eigenvalue weighted by Gasteiger charge is -2.26. The van der Waals surface area contributed by atoms with Gasteiger partial charge in [-0.2, -0.15) is 9.78 Å². The number of thiazole rings is 1. The summed E-state index contributed by atoms with van der Waals surface area (Å²) in [6, 6.07) is 9.69. The Hall–Kier alpha value is -2.66. The number of morpholine rings is 1. The largest absolute Gasteiger partial charge is 0.492 e. The van der Waals surface area contributed by atoms with E-state index in [1.807, 2.05) is 30.3 Å². The lowest BCUT2D eigenvalue weighted by molar-refractivity contribution is -0.117. The number of aromatic nitrogens is 1. The summed E-state index contributed by atoms with van der Waals surface area (Å²) in [5.74, 6) is -0.316. The predicted octanol–water partition coefficient (Wildman–Crippen LogP) is 2.65. The first-order valence-corrected chi connectivity index (χ1v) is 10.8. The summed E-state index contributed by atoms with van der Waals surface area (Å²) in [6.45, 7) is 3.65. The Morgan fingerprint density at radius 2 is 2.07 bits per heavy atom. The molecule has 30 heavy (non-hydrogen) atoms. The number of nitrogens with zero attached hydrogens (tertiary/aromatic N) is 4. The van der Waals surface area contributed by atoms with Crippen LogP contribution >= 0.6 is 23.6 Å². The van der Waals surface area contributed by atoms with Gasteiger partial charge in [0, 0.05) is 37.2 Å². The highest BCUT2D eigenvalue weighted by atomic mass is 32.1. The normalized spacial score (nSPS) is 18.0. The predicted molar refractivity (Wildman–Crippen MR) is 120 cm³/mol. The maximum Gasteiger partial charge on any atom is 0.240 e. The second-order valence-corrected chi connectivity index (χ2v) is 8.46. The first kappa shape index (κ1) is 20.6. The molecule has 2 aliphatic rings. The summed E-state index contributed by atoms with van der Waals surface area (Å²) < 4.78 is 6.92. The molecule has 0 unspecified atom stereocenters. The molecule has 10 heteroatoms. The second kappa shape index (κ2) is 9.43. The Kier molecular flexibility index (Phi) is 6.48. The number of benzene rings is 1. The highest BCUT2D eigenvalue weighted by Gasteiger charge is 2.18. The number of hydrogen-bond donors (Lipinski definition) is 2.